The van der Waals surface area contributed by atoms with E-state index in [0.717, 1.165) is 0 Å². The van der Waals surface area contributed by atoms with E-state index in [1.54, 1.807) is 0 Å². The molecule has 0 rings (SSSR count). The van der Waals surface area contributed by atoms with Crippen molar-refractivity contribution < 1.29 is 4.74 Å². The number of rotatable bonds is 2. The third kappa shape index (κ3) is 3.94. The molecule has 0 aliphatic carbocycles. The standard InChI is InChI=1S/C5H9NO.ClH/c1-3-5(4-6)7-2;/h1,5H,4,6H2,2H3;1H. The maximum atomic E-state index is 5.13. The molecule has 0 aliphatic rings. The first-order valence-electron chi connectivity index (χ1n) is 2.04. The Morgan fingerprint density at radius 1 is 1.88 bits per heavy atom. The summed E-state index contributed by atoms with van der Waals surface area (Å²) in [5.74, 6) is 2.35. The van der Waals surface area contributed by atoms with Gasteiger partial charge in [-0.25, -0.2) is 0 Å². The van der Waals surface area contributed by atoms with Crippen LogP contribution in [0.1, 0.15) is 0 Å². The zero-order valence-electron chi connectivity index (χ0n) is 4.76. The highest BCUT2D eigenvalue weighted by atomic mass is 35.5. The smallest absolute Gasteiger partial charge is 0.129 e. The summed E-state index contributed by atoms with van der Waals surface area (Å²) in [6.07, 6.45) is 4.73. The van der Waals surface area contributed by atoms with Crippen LogP contribution in [-0.2, 0) is 4.74 Å². The third-order valence-corrected chi connectivity index (χ3v) is 0.684. The second-order valence-electron chi connectivity index (χ2n) is 1.13. The predicted molar refractivity (Wildman–Crippen MR) is 35.9 cm³/mol. The summed E-state index contributed by atoms with van der Waals surface area (Å²) in [6, 6.07) is 0. The van der Waals surface area contributed by atoms with Gasteiger partial charge in [-0.3, -0.25) is 0 Å². The lowest BCUT2D eigenvalue weighted by Crippen LogP contribution is -2.19. The Balaban J connectivity index is 0. The minimum atomic E-state index is -0.208. The summed E-state index contributed by atoms with van der Waals surface area (Å²) < 4.78 is 4.69. The molecule has 0 spiro atoms. The molecule has 0 heterocycles. The van der Waals surface area contributed by atoms with Crippen LogP contribution < -0.4 is 5.73 Å². The van der Waals surface area contributed by atoms with Gasteiger partial charge in [0.1, 0.15) is 6.10 Å². The summed E-state index contributed by atoms with van der Waals surface area (Å²) >= 11 is 0. The molecule has 3 heteroatoms. The molecule has 0 saturated carbocycles. The summed E-state index contributed by atoms with van der Waals surface area (Å²) in [5.41, 5.74) is 5.13. The number of nitrogens with two attached hydrogens (primary N) is 1. The quantitative estimate of drug-likeness (QED) is 0.542. The van der Waals surface area contributed by atoms with Gasteiger partial charge in [0, 0.05) is 13.7 Å². The average Bonchev–Trinajstić information content (AvgIpc) is 1.72. The van der Waals surface area contributed by atoms with Crippen molar-refractivity contribution in [1.82, 2.24) is 0 Å². The second-order valence-corrected chi connectivity index (χ2v) is 1.13. The van der Waals surface area contributed by atoms with Crippen molar-refractivity contribution in [3.63, 3.8) is 0 Å². The lowest BCUT2D eigenvalue weighted by Gasteiger charge is -2.00. The first-order valence-corrected chi connectivity index (χ1v) is 2.04. The molecule has 0 aromatic carbocycles. The van der Waals surface area contributed by atoms with Gasteiger partial charge in [0.15, 0.2) is 0 Å². The first-order chi connectivity index (χ1) is 3.35. The Morgan fingerprint density at radius 2 is 2.38 bits per heavy atom. The fraction of sp³-hybridized carbons (Fsp3) is 0.600. The molecule has 0 fully saturated rings. The van der Waals surface area contributed by atoms with Gasteiger partial charge >= 0.3 is 0 Å². The summed E-state index contributed by atoms with van der Waals surface area (Å²) in [7, 11) is 1.54. The molecule has 8 heavy (non-hydrogen) atoms. The fourth-order valence-electron chi connectivity index (χ4n) is 0.232. The van der Waals surface area contributed by atoms with E-state index in [4.69, 9.17) is 12.2 Å². The highest BCUT2D eigenvalue weighted by molar-refractivity contribution is 5.85. The first kappa shape index (κ1) is 10.7. The van der Waals surface area contributed by atoms with Crippen LogP contribution in [0, 0.1) is 12.3 Å². The van der Waals surface area contributed by atoms with Crippen molar-refractivity contribution in [1.29, 1.82) is 0 Å². The average molecular weight is 136 g/mol. The minimum Gasteiger partial charge on any atom is -0.367 e. The maximum Gasteiger partial charge on any atom is 0.129 e. The van der Waals surface area contributed by atoms with E-state index in [1.165, 1.54) is 7.11 Å². The number of halogens is 1. The van der Waals surface area contributed by atoms with Gasteiger partial charge in [-0.15, -0.1) is 18.8 Å². The van der Waals surface area contributed by atoms with Gasteiger partial charge in [0.05, 0.1) is 0 Å². The Labute approximate surface area is 55.8 Å². The van der Waals surface area contributed by atoms with Gasteiger partial charge in [0.25, 0.3) is 0 Å². The van der Waals surface area contributed by atoms with Gasteiger partial charge in [-0.05, 0) is 0 Å². The number of hydrogen-bond acceptors (Lipinski definition) is 2. The van der Waals surface area contributed by atoms with Crippen molar-refractivity contribution in [2.75, 3.05) is 13.7 Å². The molecule has 0 amide bonds. The van der Waals surface area contributed by atoms with E-state index in [0.29, 0.717) is 6.54 Å². The van der Waals surface area contributed by atoms with Crippen LogP contribution in [-0.4, -0.2) is 19.8 Å². The molecule has 0 bridgehead atoms. The molecule has 0 saturated heterocycles. The molecule has 0 aromatic rings. The zero-order valence-corrected chi connectivity index (χ0v) is 5.57. The minimum absolute atomic E-state index is 0. The van der Waals surface area contributed by atoms with Crippen LogP contribution in [0.3, 0.4) is 0 Å². The van der Waals surface area contributed by atoms with Crippen LogP contribution in [0.2, 0.25) is 0 Å². The summed E-state index contributed by atoms with van der Waals surface area (Å²) in [4.78, 5) is 0. The van der Waals surface area contributed by atoms with Crippen molar-refractivity contribution in [3.05, 3.63) is 0 Å². The van der Waals surface area contributed by atoms with E-state index in [-0.39, 0.29) is 18.5 Å². The van der Waals surface area contributed by atoms with Gasteiger partial charge in [-0.2, -0.15) is 0 Å². The predicted octanol–water partition coefficient (Wildman–Crippen LogP) is 0.0151. The van der Waals surface area contributed by atoms with Crippen molar-refractivity contribution in [2.45, 2.75) is 6.10 Å². The van der Waals surface area contributed by atoms with Crippen LogP contribution in [0.5, 0.6) is 0 Å². The molecule has 2 nitrogen and oxygen atoms in total. The normalized spacial score (nSPS) is 11.1. The van der Waals surface area contributed by atoms with Crippen molar-refractivity contribution in [2.24, 2.45) is 5.73 Å². The molecule has 0 aromatic heterocycles. The Kier molecular flexibility index (Phi) is 9.05. The van der Waals surface area contributed by atoms with Crippen LogP contribution in [0.4, 0.5) is 0 Å². The molecular formula is C5H10ClNO. The molecule has 1 atom stereocenters. The Morgan fingerprint density at radius 3 is 2.38 bits per heavy atom. The van der Waals surface area contributed by atoms with Crippen molar-refractivity contribution in [3.8, 4) is 12.3 Å². The number of methoxy groups -OCH3 is 1. The number of ether oxygens (including phenoxy) is 1. The van der Waals surface area contributed by atoms with Crippen LogP contribution >= 0.6 is 12.4 Å². The zero-order chi connectivity index (χ0) is 5.70. The lowest BCUT2D eigenvalue weighted by molar-refractivity contribution is 0.155. The molecule has 0 radical (unpaired) electrons. The molecular weight excluding hydrogens is 126 g/mol. The van der Waals surface area contributed by atoms with E-state index in [1.807, 2.05) is 0 Å². The number of terminal acetylenes is 1. The lowest BCUT2D eigenvalue weighted by atomic mass is 10.4. The SMILES string of the molecule is C#CC(CN)OC.Cl. The van der Waals surface area contributed by atoms with E-state index >= 15 is 0 Å². The molecule has 1 unspecified atom stereocenters. The van der Waals surface area contributed by atoms with Crippen LogP contribution in [0.15, 0.2) is 0 Å². The number of hydrogen-bond donors (Lipinski definition) is 1. The fourth-order valence-corrected chi connectivity index (χ4v) is 0.232. The van der Waals surface area contributed by atoms with Gasteiger partial charge in [0.2, 0.25) is 0 Å². The van der Waals surface area contributed by atoms with Gasteiger partial charge < -0.3 is 10.5 Å². The van der Waals surface area contributed by atoms with Gasteiger partial charge in [-0.1, -0.05) is 5.92 Å². The second kappa shape index (κ2) is 6.77. The molecule has 2 N–H and O–H groups in total. The Bertz CT molecular complexity index is 75.0. The maximum absolute atomic E-state index is 5.13. The highest BCUT2D eigenvalue weighted by Crippen LogP contribution is 1.78. The largest absolute Gasteiger partial charge is 0.367 e. The monoisotopic (exact) mass is 135 g/mol. The topological polar surface area (TPSA) is 35.2 Å². The molecule has 48 valence electrons. The summed E-state index contributed by atoms with van der Waals surface area (Å²) in [6.45, 7) is 0.396. The van der Waals surface area contributed by atoms with Crippen LogP contribution in [0.25, 0.3) is 0 Å². The third-order valence-electron chi connectivity index (χ3n) is 0.684. The highest BCUT2D eigenvalue weighted by Gasteiger charge is 1.93. The van der Waals surface area contributed by atoms with E-state index in [9.17, 15) is 0 Å². The summed E-state index contributed by atoms with van der Waals surface area (Å²) in [5, 5.41) is 0. The van der Waals surface area contributed by atoms with Crippen molar-refractivity contribution >= 4 is 12.4 Å². The van der Waals surface area contributed by atoms with E-state index < -0.39 is 0 Å². The van der Waals surface area contributed by atoms with E-state index in [2.05, 4.69) is 10.7 Å². The molecule has 0 aliphatic heterocycles. The Hall–Kier alpha value is -0.230.